The lowest BCUT2D eigenvalue weighted by Gasteiger charge is -2.38. The number of halogens is 3. The number of rotatable bonds is 2. The van der Waals surface area contributed by atoms with Crippen LogP contribution in [0.25, 0.3) is 0 Å². The molecule has 2 unspecified atom stereocenters. The molecule has 0 saturated carbocycles. The molecule has 0 spiro atoms. The van der Waals surface area contributed by atoms with E-state index < -0.39 is 46.3 Å². The first-order valence-corrected chi connectivity index (χ1v) is 8.21. The first kappa shape index (κ1) is 15.6. The van der Waals surface area contributed by atoms with Crippen molar-refractivity contribution in [3.8, 4) is 0 Å². The number of hydrogen-bond acceptors (Lipinski definition) is 4. The predicted molar refractivity (Wildman–Crippen MR) is 65.9 cm³/mol. The molecule has 2 saturated heterocycles. The van der Waals surface area contributed by atoms with Crippen LogP contribution in [0.3, 0.4) is 0 Å². The summed E-state index contributed by atoms with van der Waals surface area (Å²) >= 11 is 0. The minimum Gasteiger partial charge on any atom is -0.353 e. The number of nitrogens with zero attached hydrogens (tertiary/aromatic N) is 1. The second kappa shape index (κ2) is 5.51. The zero-order chi connectivity index (χ0) is 15.0. The van der Waals surface area contributed by atoms with E-state index in [1.807, 2.05) is 0 Å². The number of carbonyl (C=O) groups excluding carboxylic acids is 1. The fraction of sp³-hybridized carbons (Fsp3) is 0.909. The van der Waals surface area contributed by atoms with Gasteiger partial charge in [0.1, 0.15) is 6.04 Å². The third-order valence-electron chi connectivity index (χ3n) is 3.81. The Morgan fingerprint density at radius 3 is 2.60 bits per heavy atom. The smallest absolute Gasteiger partial charge is 0.353 e. The van der Waals surface area contributed by atoms with Gasteiger partial charge in [0.15, 0.2) is 9.84 Å². The Labute approximate surface area is 115 Å². The lowest BCUT2D eigenvalue weighted by molar-refractivity contribution is -0.188. The van der Waals surface area contributed by atoms with Crippen LogP contribution < -0.4 is 5.32 Å². The van der Waals surface area contributed by atoms with E-state index in [0.717, 1.165) is 4.90 Å². The molecule has 2 atom stereocenters. The standard InChI is InChI=1S/C11H17F3N2O3S/c12-11(13,14)9-5-15-10(17)7-16(9)6-8-3-1-2-4-20(8,18)19/h8-9H,1-7H2,(H,15,17). The SMILES string of the molecule is O=C1CN(CC2CCCCS2(=O)=O)C(C(F)(F)F)CN1. The largest absolute Gasteiger partial charge is 0.405 e. The van der Waals surface area contributed by atoms with Crippen LogP contribution in [0.2, 0.25) is 0 Å². The van der Waals surface area contributed by atoms with Gasteiger partial charge in [-0.15, -0.1) is 0 Å². The van der Waals surface area contributed by atoms with Crippen LogP contribution in [0.5, 0.6) is 0 Å². The summed E-state index contributed by atoms with van der Waals surface area (Å²) in [5.74, 6) is -0.479. The zero-order valence-electron chi connectivity index (χ0n) is 10.8. The molecule has 0 radical (unpaired) electrons. The molecule has 1 amide bonds. The van der Waals surface area contributed by atoms with Crippen molar-refractivity contribution in [3.05, 3.63) is 0 Å². The summed E-state index contributed by atoms with van der Waals surface area (Å²) in [5, 5.41) is 1.38. The topological polar surface area (TPSA) is 66.5 Å². The maximum Gasteiger partial charge on any atom is 0.405 e. The van der Waals surface area contributed by atoms with Crippen LogP contribution in [0.1, 0.15) is 19.3 Å². The van der Waals surface area contributed by atoms with Gasteiger partial charge >= 0.3 is 6.18 Å². The van der Waals surface area contributed by atoms with Crippen LogP contribution in [-0.4, -0.2) is 62.1 Å². The van der Waals surface area contributed by atoms with Gasteiger partial charge in [0.2, 0.25) is 5.91 Å². The van der Waals surface area contributed by atoms with Gasteiger partial charge in [-0.3, -0.25) is 9.69 Å². The number of piperazine rings is 1. The molecule has 2 aliphatic rings. The molecule has 2 rings (SSSR count). The maximum atomic E-state index is 12.9. The van der Waals surface area contributed by atoms with Crippen LogP contribution in [-0.2, 0) is 14.6 Å². The average Bonchev–Trinajstić information content (AvgIpc) is 2.30. The van der Waals surface area contributed by atoms with Crippen molar-refractivity contribution in [1.82, 2.24) is 10.2 Å². The second-order valence-electron chi connectivity index (χ2n) is 5.28. The number of sulfone groups is 1. The molecule has 2 aliphatic heterocycles. The van der Waals surface area contributed by atoms with Gasteiger partial charge in [0.05, 0.1) is 17.5 Å². The molecular formula is C11H17F3N2O3S. The third-order valence-corrected chi connectivity index (χ3v) is 6.07. The summed E-state index contributed by atoms with van der Waals surface area (Å²) in [6, 6.07) is -1.81. The van der Waals surface area contributed by atoms with Gasteiger partial charge in [-0.25, -0.2) is 8.42 Å². The molecule has 0 aromatic carbocycles. The Morgan fingerprint density at radius 2 is 2.00 bits per heavy atom. The monoisotopic (exact) mass is 314 g/mol. The van der Waals surface area contributed by atoms with Gasteiger partial charge in [0, 0.05) is 13.1 Å². The van der Waals surface area contributed by atoms with E-state index in [1.54, 1.807) is 0 Å². The van der Waals surface area contributed by atoms with Crippen molar-refractivity contribution < 1.29 is 26.4 Å². The van der Waals surface area contributed by atoms with Gasteiger partial charge in [0.25, 0.3) is 0 Å². The Hall–Kier alpha value is -0.830. The summed E-state index contributed by atoms with van der Waals surface area (Å²) in [6.07, 6.45) is -2.86. The molecule has 116 valence electrons. The van der Waals surface area contributed by atoms with Gasteiger partial charge in [-0.05, 0) is 12.8 Å². The van der Waals surface area contributed by atoms with Crippen LogP contribution in [0.4, 0.5) is 13.2 Å². The van der Waals surface area contributed by atoms with E-state index in [4.69, 9.17) is 0 Å². The molecule has 0 aliphatic carbocycles. The zero-order valence-corrected chi connectivity index (χ0v) is 11.6. The number of carbonyl (C=O) groups is 1. The Balaban J connectivity index is 2.13. The Morgan fingerprint density at radius 1 is 1.30 bits per heavy atom. The van der Waals surface area contributed by atoms with Gasteiger partial charge < -0.3 is 5.32 Å². The van der Waals surface area contributed by atoms with E-state index in [0.29, 0.717) is 19.3 Å². The van der Waals surface area contributed by atoms with Gasteiger partial charge in [-0.2, -0.15) is 13.2 Å². The van der Waals surface area contributed by atoms with Crippen LogP contribution in [0, 0.1) is 0 Å². The highest BCUT2D eigenvalue weighted by molar-refractivity contribution is 7.92. The average molecular weight is 314 g/mol. The molecule has 20 heavy (non-hydrogen) atoms. The van der Waals surface area contributed by atoms with E-state index >= 15 is 0 Å². The third kappa shape index (κ3) is 3.43. The fourth-order valence-electron chi connectivity index (χ4n) is 2.69. The lowest BCUT2D eigenvalue weighted by Crippen LogP contribution is -2.61. The number of nitrogens with one attached hydrogen (secondary N) is 1. The minimum absolute atomic E-state index is 0.0222. The molecule has 2 fully saturated rings. The molecule has 0 aromatic heterocycles. The first-order chi connectivity index (χ1) is 9.20. The normalized spacial score (nSPS) is 31.9. The quantitative estimate of drug-likeness (QED) is 0.797. The highest BCUT2D eigenvalue weighted by atomic mass is 32.2. The van der Waals surface area contributed by atoms with Crippen molar-refractivity contribution in [2.24, 2.45) is 0 Å². The van der Waals surface area contributed by atoms with E-state index in [2.05, 4.69) is 5.32 Å². The van der Waals surface area contributed by atoms with Crippen LogP contribution >= 0.6 is 0 Å². The molecule has 5 nitrogen and oxygen atoms in total. The number of alkyl halides is 3. The lowest BCUT2D eigenvalue weighted by atomic mass is 10.1. The maximum absolute atomic E-state index is 12.9. The van der Waals surface area contributed by atoms with E-state index in [9.17, 15) is 26.4 Å². The predicted octanol–water partition coefficient (Wildman–Crippen LogP) is 0.316. The first-order valence-electron chi connectivity index (χ1n) is 6.49. The highest BCUT2D eigenvalue weighted by Gasteiger charge is 2.47. The van der Waals surface area contributed by atoms with Crippen molar-refractivity contribution in [2.45, 2.75) is 36.7 Å². The Bertz CT molecular complexity index is 478. The summed E-state index contributed by atoms with van der Waals surface area (Å²) in [5.41, 5.74) is 0. The number of amides is 1. The minimum atomic E-state index is -4.48. The highest BCUT2D eigenvalue weighted by Crippen LogP contribution is 2.28. The molecule has 0 aromatic rings. The molecular weight excluding hydrogens is 297 g/mol. The molecule has 0 bridgehead atoms. The summed E-state index contributed by atoms with van der Waals surface area (Å²) in [6.45, 7) is -1.15. The van der Waals surface area contributed by atoms with E-state index in [1.165, 1.54) is 0 Å². The Kier molecular flexibility index (Phi) is 4.29. The fourth-order valence-corrected chi connectivity index (χ4v) is 4.58. The van der Waals surface area contributed by atoms with Crippen molar-refractivity contribution in [2.75, 3.05) is 25.4 Å². The van der Waals surface area contributed by atoms with Crippen molar-refractivity contribution >= 4 is 15.7 Å². The summed E-state index contributed by atoms with van der Waals surface area (Å²) < 4.78 is 62.5. The molecule has 1 N–H and O–H groups in total. The van der Waals surface area contributed by atoms with E-state index in [-0.39, 0.29) is 12.3 Å². The second-order valence-corrected chi connectivity index (χ2v) is 7.68. The van der Waals surface area contributed by atoms with Gasteiger partial charge in [-0.1, -0.05) is 6.42 Å². The summed E-state index contributed by atoms with van der Waals surface area (Å²) in [4.78, 5) is 12.2. The summed E-state index contributed by atoms with van der Waals surface area (Å²) in [7, 11) is -3.35. The number of hydrogen-bond donors (Lipinski definition) is 1. The van der Waals surface area contributed by atoms with Crippen LogP contribution in [0.15, 0.2) is 0 Å². The van der Waals surface area contributed by atoms with Crippen molar-refractivity contribution in [3.63, 3.8) is 0 Å². The molecule has 9 heteroatoms. The van der Waals surface area contributed by atoms with Crippen molar-refractivity contribution in [1.29, 1.82) is 0 Å². The molecule has 2 heterocycles.